The summed E-state index contributed by atoms with van der Waals surface area (Å²) in [7, 11) is 0. The lowest BCUT2D eigenvalue weighted by atomic mass is 10.0. The van der Waals surface area contributed by atoms with Crippen LogP contribution < -0.4 is 5.32 Å². The molecule has 0 aromatic heterocycles. The van der Waals surface area contributed by atoms with Crippen LogP contribution in [0.5, 0.6) is 0 Å². The maximum absolute atomic E-state index is 13.5. The summed E-state index contributed by atoms with van der Waals surface area (Å²) < 4.78 is 32.6. The van der Waals surface area contributed by atoms with Gasteiger partial charge >= 0.3 is 0 Å². The number of hydrogen-bond acceptors (Lipinski definition) is 3. The molecule has 1 saturated heterocycles. The number of rotatable bonds is 7. The molecule has 1 amide bonds. The van der Waals surface area contributed by atoms with E-state index in [0.717, 1.165) is 25.3 Å². The van der Waals surface area contributed by atoms with Crippen molar-refractivity contribution in [2.45, 2.75) is 52.2 Å². The Kier molecular flexibility index (Phi) is 8.57. The highest BCUT2D eigenvalue weighted by Crippen LogP contribution is 2.20. The van der Waals surface area contributed by atoms with Gasteiger partial charge in [0.1, 0.15) is 11.6 Å². The quantitative estimate of drug-likeness (QED) is 0.544. The third-order valence-electron chi connectivity index (χ3n) is 4.72. The fourth-order valence-electron chi connectivity index (χ4n) is 3.32. The van der Waals surface area contributed by atoms with Crippen LogP contribution in [0, 0.1) is 11.6 Å². The van der Waals surface area contributed by atoms with Gasteiger partial charge in [-0.05, 0) is 57.5 Å². The van der Waals surface area contributed by atoms with Gasteiger partial charge in [0.25, 0.3) is 0 Å². The molecule has 0 radical (unpaired) electrons. The molecule has 1 aromatic rings. The van der Waals surface area contributed by atoms with Gasteiger partial charge in [-0.15, -0.1) is 0 Å². The van der Waals surface area contributed by atoms with E-state index in [1.54, 1.807) is 6.92 Å². The number of amides is 1. The number of anilines is 1. The first-order chi connectivity index (χ1) is 13.3. The van der Waals surface area contributed by atoms with Crippen LogP contribution in [0.3, 0.4) is 0 Å². The van der Waals surface area contributed by atoms with Gasteiger partial charge in [0, 0.05) is 51.0 Å². The molecule has 1 N–H and O–H groups in total. The van der Waals surface area contributed by atoms with Crippen molar-refractivity contribution in [2.75, 3.05) is 31.6 Å². The molecule has 8 heteroatoms. The third kappa shape index (κ3) is 6.98. The Morgan fingerprint density at radius 1 is 1.29 bits per heavy atom. The smallest absolute Gasteiger partial charge is 0.219 e. The lowest BCUT2D eigenvalue weighted by molar-refractivity contribution is -0.130. The number of nitrogens with zero attached hydrogens (tertiary/aromatic N) is 2. The Bertz CT molecular complexity index is 659. The maximum atomic E-state index is 13.5. The van der Waals surface area contributed by atoms with E-state index in [4.69, 9.17) is 17.0 Å². The Morgan fingerprint density at radius 2 is 1.89 bits per heavy atom. The van der Waals surface area contributed by atoms with Crippen molar-refractivity contribution in [2.24, 2.45) is 0 Å². The number of likely N-dealkylation sites (tertiary alicyclic amines) is 1. The highest BCUT2D eigenvalue weighted by molar-refractivity contribution is 7.80. The number of piperidine rings is 1. The number of carbonyl (C=O) groups is 1. The van der Waals surface area contributed by atoms with Crippen LogP contribution in [-0.2, 0) is 9.53 Å². The molecule has 1 heterocycles. The average molecular weight is 414 g/mol. The number of benzene rings is 1. The van der Waals surface area contributed by atoms with Crippen molar-refractivity contribution in [3.63, 3.8) is 0 Å². The van der Waals surface area contributed by atoms with E-state index >= 15 is 0 Å². The molecule has 0 unspecified atom stereocenters. The molecule has 1 aliphatic rings. The first-order valence-corrected chi connectivity index (χ1v) is 10.1. The number of carbonyl (C=O) groups excluding carboxylic acids is 1. The van der Waals surface area contributed by atoms with Gasteiger partial charge in [0.05, 0.1) is 6.10 Å². The molecular formula is C20H29F2N3O2S. The summed E-state index contributed by atoms with van der Waals surface area (Å²) in [5, 5.41) is 3.39. The lowest BCUT2D eigenvalue weighted by Gasteiger charge is -2.39. The zero-order valence-corrected chi connectivity index (χ0v) is 17.5. The van der Waals surface area contributed by atoms with Crippen LogP contribution >= 0.6 is 12.2 Å². The Labute approximate surface area is 171 Å². The highest BCUT2D eigenvalue weighted by Gasteiger charge is 2.27. The van der Waals surface area contributed by atoms with Crippen molar-refractivity contribution in [1.82, 2.24) is 9.80 Å². The van der Waals surface area contributed by atoms with Crippen LogP contribution in [0.15, 0.2) is 18.2 Å². The molecule has 0 atom stereocenters. The zero-order chi connectivity index (χ0) is 20.7. The summed E-state index contributed by atoms with van der Waals surface area (Å²) in [5.74, 6) is -1.24. The SMILES string of the molecule is CC(=O)N1CCC(N(CCCOC(C)C)C(=S)Nc2cc(F)cc(F)c2)CC1. The van der Waals surface area contributed by atoms with Crippen LogP contribution in [0.25, 0.3) is 0 Å². The molecule has 0 bridgehead atoms. The van der Waals surface area contributed by atoms with Gasteiger partial charge < -0.3 is 19.9 Å². The summed E-state index contributed by atoms with van der Waals surface area (Å²) in [4.78, 5) is 15.5. The van der Waals surface area contributed by atoms with E-state index in [-0.39, 0.29) is 23.7 Å². The van der Waals surface area contributed by atoms with Crippen molar-refractivity contribution in [1.29, 1.82) is 0 Å². The molecule has 1 aliphatic heterocycles. The topological polar surface area (TPSA) is 44.8 Å². The number of halogens is 2. The van der Waals surface area contributed by atoms with Crippen LogP contribution in [0.4, 0.5) is 14.5 Å². The number of nitrogens with one attached hydrogen (secondary N) is 1. The fourth-order valence-corrected chi connectivity index (χ4v) is 3.68. The van der Waals surface area contributed by atoms with Gasteiger partial charge in [-0.25, -0.2) is 8.78 Å². The minimum atomic E-state index is -0.656. The average Bonchev–Trinajstić information content (AvgIpc) is 2.60. The van der Waals surface area contributed by atoms with Crippen LogP contribution in [0.2, 0.25) is 0 Å². The fraction of sp³-hybridized carbons (Fsp3) is 0.600. The summed E-state index contributed by atoms with van der Waals surface area (Å²) in [5.41, 5.74) is 0.284. The molecule has 1 fully saturated rings. The minimum Gasteiger partial charge on any atom is -0.379 e. The van der Waals surface area contributed by atoms with Crippen molar-refractivity contribution in [3.8, 4) is 0 Å². The molecule has 0 saturated carbocycles. The Balaban J connectivity index is 2.03. The molecule has 156 valence electrons. The minimum absolute atomic E-state index is 0.0753. The molecule has 1 aromatic carbocycles. The summed E-state index contributed by atoms with van der Waals surface area (Å²) in [6.07, 6.45) is 2.53. The summed E-state index contributed by atoms with van der Waals surface area (Å²) in [6.45, 7) is 8.18. The molecule has 0 spiro atoms. The van der Waals surface area contributed by atoms with E-state index in [9.17, 15) is 13.6 Å². The monoisotopic (exact) mass is 413 g/mol. The van der Waals surface area contributed by atoms with Crippen LogP contribution in [-0.4, -0.2) is 59.2 Å². The summed E-state index contributed by atoms with van der Waals surface area (Å²) in [6, 6.07) is 3.42. The predicted molar refractivity (Wildman–Crippen MR) is 110 cm³/mol. The molecule has 0 aliphatic carbocycles. The second kappa shape index (κ2) is 10.7. The van der Waals surface area contributed by atoms with Crippen molar-refractivity contribution in [3.05, 3.63) is 29.8 Å². The van der Waals surface area contributed by atoms with E-state index in [1.807, 2.05) is 18.7 Å². The predicted octanol–water partition coefficient (Wildman–Crippen LogP) is 3.79. The van der Waals surface area contributed by atoms with Gasteiger partial charge in [-0.3, -0.25) is 4.79 Å². The maximum Gasteiger partial charge on any atom is 0.219 e. The molecular weight excluding hydrogens is 384 g/mol. The van der Waals surface area contributed by atoms with Gasteiger partial charge in [0.15, 0.2) is 5.11 Å². The van der Waals surface area contributed by atoms with E-state index in [1.165, 1.54) is 12.1 Å². The molecule has 5 nitrogen and oxygen atoms in total. The number of hydrogen-bond donors (Lipinski definition) is 1. The van der Waals surface area contributed by atoms with Gasteiger partial charge in [-0.2, -0.15) is 0 Å². The Hall–Kier alpha value is -1.80. The zero-order valence-electron chi connectivity index (χ0n) is 16.7. The van der Waals surface area contributed by atoms with Crippen molar-refractivity contribution < 1.29 is 18.3 Å². The largest absolute Gasteiger partial charge is 0.379 e. The summed E-state index contributed by atoms with van der Waals surface area (Å²) >= 11 is 5.56. The van der Waals surface area contributed by atoms with Gasteiger partial charge in [0.2, 0.25) is 5.91 Å². The van der Waals surface area contributed by atoms with Crippen molar-refractivity contribution >= 4 is 28.9 Å². The third-order valence-corrected chi connectivity index (χ3v) is 5.06. The second-order valence-corrected chi connectivity index (χ2v) is 7.68. The highest BCUT2D eigenvalue weighted by atomic mass is 32.1. The van der Waals surface area contributed by atoms with E-state index in [2.05, 4.69) is 10.2 Å². The first kappa shape index (κ1) is 22.5. The van der Waals surface area contributed by atoms with E-state index in [0.29, 0.717) is 31.4 Å². The normalized spacial score (nSPS) is 15.0. The number of ether oxygens (including phenoxy) is 1. The standard InChI is InChI=1S/C20H29F2N3O2S/c1-14(2)27-10-4-7-25(19-5-8-24(9-6-19)15(3)26)20(28)23-18-12-16(21)11-17(22)13-18/h11-14,19H,4-10H2,1-3H3,(H,23,28). The van der Waals surface area contributed by atoms with E-state index < -0.39 is 11.6 Å². The molecule has 2 rings (SSSR count). The number of thiocarbonyl (C=S) groups is 1. The molecule has 28 heavy (non-hydrogen) atoms. The second-order valence-electron chi connectivity index (χ2n) is 7.29. The Morgan fingerprint density at radius 3 is 2.43 bits per heavy atom. The van der Waals surface area contributed by atoms with Gasteiger partial charge in [-0.1, -0.05) is 0 Å². The first-order valence-electron chi connectivity index (χ1n) is 9.67. The lowest BCUT2D eigenvalue weighted by Crippen LogP contribution is -2.50. The van der Waals surface area contributed by atoms with Crippen LogP contribution in [0.1, 0.15) is 40.0 Å².